The number of anilines is 1. The van der Waals surface area contributed by atoms with Crippen LogP contribution in [0.1, 0.15) is 0 Å². The van der Waals surface area contributed by atoms with Gasteiger partial charge < -0.3 is 15.2 Å². The molecular weight excluding hydrogens is 246 g/mol. The zero-order valence-electron chi connectivity index (χ0n) is 10.3. The van der Waals surface area contributed by atoms with Crippen LogP contribution >= 0.6 is 11.8 Å². The second kappa shape index (κ2) is 5.69. The molecule has 0 radical (unpaired) electrons. The van der Waals surface area contributed by atoms with Crippen molar-refractivity contribution in [3.05, 3.63) is 42.5 Å². The van der Waals surface area contributed by atoms with Crippen molar-refractivity contribution in [3.8, 4) is 11.5 Å². The average Bonchev–Trinajstić information content (AvgIpc) is 2.38. The monoisotopic (exact) mass is 261 g/mol. The molecule has 0 aromatic heterocycles. The fourth-order valence-electron chi connectivity index (χ4n) is 1.57. The van der Waals surface area contributed by atoms with Crippen molar-refractivity contribution < 1.29 is 9.47 Å². The second-order valence-electron chi connectivity index (χ2n) is 3.72. The lowest BCUT2D eigenvalue weighted by atomic mass is 10.3. The van der Waals surface area contributed by atoms with E-state index in [2.05, 4.69) is 0 Å². The topological polar surface area (TPSA) is 44.5 Å². The van der Waals surface area contributed by atoms with Gasteiger partial charge in [0.05, 0.1) is 14.2 Å². The summed E-state index contributed by atoms with van der Waals surface area (Å²) < 4.78 is 10.4. The van der Waals surface area contributed by atoms with Gasteiger partial charge >= 0.3 is 0 Å². The summed E-state index contributed by atoms with van der Waals surface area (Å²) in [7, 11) is 3.29. The molecule has 0 spiro atoms. The maximum absolute atomic E-state index is 5.83. The van der Waals surface area contributed by atoms with Crippen LogP contribution in [-0.2, 0) is 0 Å². The molecule has 0 saturated carbocycles. The van der Waals surface area contributed by atoms with Crippen LogP contribution < -0.4 is 15.2 Å². The Labute approximate surface area is 111 Å². The van der Waals surface area contributed by atoms with E-state index in [4.69, 9.17) is 15.2 Å². The molecule has 2 aromatic rings. The number of hydrogen-bond acceptors (Lipinski definition) is 4. The molecule has 0 unspecified atom stereocenters. The fraction of sp³-hybridized carbons (Fsp3) is 0.143. The zero-order valence-corrected chi connectivity index (χ0v) is 11.2. The first-order valence-corrected chi connectivity index (χ1v) is 6.29. The van der Waals surface area contributed by atoms with Crippen molar-refractivity contribution in [3.63, 3.8) is 0 Å². The molecule has 0 fully saturated rings. The molecule has 3 nitrogen and oxygen atoms in total. The summed E-state index contributed by atoms with van der Waals surface area (Å²) in [5.41, 5.74) is 6.52. The summed E-state index contributed by atoms with van der Waals surface area (Å²) in [6, 6.07) is 13.6. The van der Waals surface area contributed by atoms with E-state index in [1.54, 1.807) is 32.0 Å². The van der Waals surface area contributed by atoms with Crippen LogP contribution in [0.4, 0.5) is 5.69 Å². The highest BCUT2D eigenvalue weighted by Crippen LogP contribution is 2.33. The molecule has 0 aliphatic heterocycles. The predicted molar refractivity (Wildman–Crippen MR) is 74.5 cm³/mol. The van der Waals surface area contributed by atoms with Crippen LogP contribution in [0.25, 0.3) is 0 Å². The number of benzene rings is 2. The maximum Gasteiger partial charge on any atom is 0.122 e. The Morgan fingerprint density at radius 1 is 0.889 bits per heavy atom. The van der Waals surface area contributed by atoms with E-state index in [0.717, 1.165) is 21.3 Å². The zero-order chi connectivity index (χ0) is 13.0. The SMILES string of the molecule is COc1cccc(Sc2cc(N)cc(OC)c2)c1. The first-order chi connectivity index (χ1) is 8.71. The summed E-state index contributed by atoms with van der Waals surface area (Å²) in [5, 5.41) is 0. The molecule has 2 N–H and O–H groups in total. The van der Waals surface area contributed by atoms with Gasteiger partial charge in [0, 0.05) is 21.5 Å². The van der Waals surface area contributed by atoms with Gasteiger partial charge in [-0.25, -0.2) is 0 Å². The predicted octanol–water partition coefficient (Wildman–Crippen LogP) is 3.44. The van der Waals surface area contributed by atoms with Crippen LogP contribution in [0, 0.1) is 0 Å². The summed E-state index contributed by atoms with van der Waals surface area (Å²) in [6.45, 7) is 0. The van der Waals surface area contributed by atoms with Crippen molar-refractivity contribution in [1.29, 1.82) is 0 Å². The summed E-state index contributed by atoms with van der Waals surface area (Å²) in [4.78, 5) is 2.14. The standard InChI is InChI=1S/C14H15NO2S/c1-16-11-4-3-5-13(8-11)18-14-7-10(15)6-12(9-14)17-2/h3-9H,15H2,1-2H3. The van der Waals surface area contributed by atoms with Gasteiger partial charge in [-0.05, 0) is 30.3 Å². The van der Waals surface area contributed by atoms with Gasteiger partial charge in [0.15, 0.2) is 0 Å². The van der Waals surface area contributed by atoms with Crippen LogP contribution in [0.15, 0.2) is 52.3 Å². The van der Waals surface area contributed by atoms with E-state index in [9.17, 15) is 0 Å². The molecule has 0 aliphatic rings. The summed E-state index contributed by atoms with van der Waals surface area (Å²) in [5.74, 6) is 1.61. The Hall–Kier alpha value is -1.81. The van der Waals surface area contributed by atoms with Gasteiger partial charge in [-0.3, -0.25) is 0 Å². The van der Waals surface area contributed by atoms with Crippen molar-refractivity contribution >= 4 is 17.4 Å². The van der Waals surface area contributed by atoms with E-state index < -0.39 is 0 Å². The summed E-state index contributed by atoms with van der Waals surface area (Å²) >= 11 is 1.62. The number of methoxy groups -OCH3 is 2. The Morgan fingerprint density at radius 3 is 2.33 bits per heavy atom. The minimum Gasteiger partial charge on any atom is -0.497 e. The highest BCUT2D eigenvalue weighted by atomic mass is 32.2. The largest absolute Gasteiger partial charge is 0.497 e. The minimum absolute atomic E-state index is 0.694. The normalized spacial score (nSPS) is 10.1. The van der Waals surface area contributed by atoms with Crippen molar-refractivity contribution in [2.45, 2.75) is 9.79 Å². The van der Waals surface area contributed by atoms with Crippen molar-refractivity contribution in [1.82, 2.24) is 0 Å². The highest BCUT2D eigenvalue weighted by molar-refractivity contribution is 7.99. The molecule has 4 heteroatoms. The van der Waals surface area contributed by atoms with Crippen LogP contribution in [-0.4, -0.2) is 14.2 Å². The van der Waals surface area contributed by atoms with Crippen LogP contribution in [0.2, 0.25) is 0 Å². The average molecular weight is 261 g/mol. The van der Waals surface area contributed by atoms with Crippen molar-refractivity contribution in [2.75, 3.05) is 20.0 Å². The Bertz CT molecular complexity index is 543. The van der Waals surface area contributed by atoms with Crippen molar-refractivity contribution in [2.24, 2.45) is 0 Å². The Morgan fingerprint density at radius 2 is 1.61 bits per heavy atom. The van der Waals surface area contributed by atoms with Gasteiger partial charge in [0.2, 0.25) is 0 Å². The third-order valence-corrected chi connectivity index (χ3v) is 3.38. The van der Waals surface area contributed by atoms with E-state index >= 15 is 0 Å². The number of nitrogen functional groups attached to an aromatic ring is 1. The lowest BCUT2D eigenvalue weighted by molar-refractivity contribution is 0.413. The number of nitrogens with two attached hydrogens (primary N) is 1. The molecule has 0 atom stereocenters. The van der Waals surface area contributed by atoms with Crippen LogP contribution in [0.5, 0.6) is 11.5 Å². The number of hydrogen-bond donors (Lipinski definition) is 1. The molecule has 18 heavy (non-hydrogen) atoms. The molecule has 94 valence electrons. The number of ether oxygens (including phenoxy) is 2. The smallest absolute Gasteiger partial charge is 0.122 e. The molecule has 2 rings (SSSR count). The molecule has 0 bridgehead atoms. The third-order valence-electron chi connectivity index (χ3n) is 2.41. The maximum atomic E-state index is 5.83. The van der Waals surface area contributed by atoms with Gasteiger partial charge in [0.1, 0.15) is 11.5 Å². The van der Waals surface area contributed by atoms with Gasteiger partial charge in [-0.15, -0.1) is 0 Å². The molecular formula is C14H15NO2S. The molecule has 0 amide bonds. The summed E-state index contributed by atoms with van der Waals surface area (Å²) in [6.07, 6.45) is 0. The first kappa shape index (κ1) is 12.6. The van der Waals surface area contributed by atoms with Crippen LogP contribution in [0.3, 0.4) is 0 Å². The lowest BCUT2D eigenvalue weighted by Gasteiger charge is -2.07. The third kappa shape index (κ3) is 3.11. The molecule has 0 aliphatic carbocycles. The Balaban J connectivity index is 2.24. The number of rotatable bonds is 4. The van der Waals surface area contributed by atoms with Gasteiger partial charge in [-0.2, -0.15) is 0 Å². The van der Waals surface area contributed by atoms with E-state index in [1.165, 1.54) is 0 Å². The van der Waals surface area contributed by atoms with E-state index in [-0.39, 0.29) is 0 Å². The second-order valence-corrected chi connectivity index (χ2v) is 4.87. The lowest BCUT2D eigenvalue weighted by Crippen LogP contribution is -1.89. The van der Waals surface area contributed by atoms with Gasteiger partial charge in [-0.1, -0.05) is 17.8 Å². The Kier molecular flexibility index (Phi) is 3.99. The first-order valence-electron chi connectivity index (χ1n) is 5.48. The van der Waals surface area contributed by atoms with E-state index in [0.29, 0.717) is 5.69 Å². The molecule has 0 heterocycles. The van der Waals surface area contributed by atoms with Gasteiger partial charge in [0.25, 0.3) is 0 Å². The highest BCUT2D eigenvalue weighted by Gasteiger charge is 2.03. The molecule has 0 saturated heterocycles. The minimum atomic E-state index is 0.694. The van der Waals surface area contributed by atoms with E-state index in [1.807, 2.05) is 36.4 Å². The fourth-order valence-corrected chi connectivity index (χ4v) is 2.54. The molecule has 2 aromatic carbocycles. The quantitative estimate of drug-likeness (QED) is 0.856.